The fourth-order valence-corrected chi connectivity index (χ4v) is 1.73. The zero-order valence-electron chi connectivity index (χ0n) is 9.43. The van der Waals surface area contributed by atoms with Crippen molar-refractivity contribution in [2.45, 2.75) is 19.4 Å². The molecule has 0 aliphatic rings. The Balaban J connectivity index is 2.36. The summed E-state index contributed by atoms with van der Waals surface area (Å²) in [7, 11) is 0. The van der Waals surface area contributed by atoms with Crippen molar-refractivity contribution < 1.29 is 0 Å². The maximum absolute atomic E-state index is 6.03. The average Bonchev–Trinajstić information content (AvgIpc) is 2.39. The van der Waals surface area contributed by atoms with Gasteiger partial charge >= 0.3 is 0 Å². The monoisotopic (exact) mass is 212 g/mol. The number of hydrogen-bond donors (Lipinski definition) is 1. The third-order valence-electron chi connectivity index (χ3n) is 2.77. The van der Waals surface area contributed by atoms with E-state index >= 15 is 0 Å². The molecular weight excluding hydrogens is 196 g/mol. The zero-order chi connectivity index (χ0) is 11.4. The molecule has 2 N–H and O–H groups in total. The van der Waals surface area contributed by atoms with Crippen LogP contribution in [-0.4, -0.2) is 4.98 Å². The van der Waals surface area contributed by atoms with Crippen LogP contribution in [0.25, 0.3) is 11.1 Å². The minimum atomic E-state index is 0.127. The summed E-state index contributed by atoms with van der Waals surface area (Å²) in [6, 6.07) is 12.5. The first-order valence-electron chi connectivity index (χ1n) is 5.57. The van der Waals surface area contributed by atoms with Crippen LogP contribution in [0, 0.1) is 0 Å². The van der Waals surface area contributed by atoms with Crippen molar-refractivity contribution in [3.05, 3.63) is 54.4 Å². The molecule has 82 valence electrons. The summed E-state index contributed by atoms with van der Waals surface area (Å²) >= 11 is 0. The van der Waals surface area contributed by atoms with Crippen LogP contribution in [0.4, 0.5) is 0 Å². The lowest BCUT2D eigenvalue weighted by Crippen LogP contribution is -2.08. The van der Waals surface area contributed by atoms with E-state index in [9.17, 15) is 0 Å². The summed E-state index contributed by atoms with van der Waals surface area (Å²) in [6.07, 6.45) is 4.57. The Morgan fingerprint density at radius 2 is 1.88 bits per heavy atom. The highest BCUT2D eigenvalue weighted by Gasteiger charge is 2.04. The van der Waals surface area contributed by atoms with Crippen molar-refractivity contribution in [3.8, 4) is 11.1 Å². The number of nitrogens with zero attached hydrogens (tertiary/aromatic N) is 1. The molecule has 2 nitrogen and oxygen atoms in total. The van der Waals surface area contributed by atoms with E-state index in [2.05, 4.69) is 36.2 Å². The van der Waals surface area contributed by atoms with Crippen LogP contribution >= 0.6 is 0 Å². The zero-order valence-corrected chi connectivity index (χ0v) is 9.43. The summed E-state index contributed by atoms with van der Waals surface area (Å²) < 4.78 is 0. The molecule has 0 fully saturated rings. The molecule has 0 aliphatic heterocycles. The van der Waals surface area contributed by atoms with Crippen LogP contribution in [0.1, 0.15) is 24.9 Å². The molecular formula is C14H16N2. The van der Waals surface area contributed by atoms with E-state index < -0.39 is 0 Å². The Kier molecular flexibility index (Phi) is 3.32. The van der Waals surface area contributed by atoms with E-state index in [1.807, 2.05) is 24.5 Å². The van der Waals surface area contributed by atoms with Crippen LogP contribution in [0.5, 0.6) is 0 Å². The van der Waals surface area contributed by atoms with Gasteiger partial charge in [-0.05, 0) is 41.3 Å². The van der Waals surface area contributed by atoms with Gasteiger partial charge in [0.25, 0.3) is 0 Å². The number of nitrogens with two attached hydrogens (primary N) is 1. The van der Waals surface area contributed by atoms with E-state index in [1.165, 1.54) is 16.7 Å². The number of pyridine rings is 1. The molecule has 0 radical (unpaired) electrons. The molecule has 1 aromatic heterocycles. The Hall–Kier alpha value is -1.67. The van der Waals surface area contributed by atoms with Crippen molar-refractivity contribution in [2.24, 2.45) is 5.73 Å². The third-order valence-corrected chi connectivity index (χ3v) is 2.77. The fraction of sp³-hybridized carbons (Fsp3) is 0.214. The largest absolute Gasteiger partial charge is 0.324 e. The van der Waals surface area contributed by atoms with Crippen molar-refractivity contribution in [3.63, 3.8) is 0 Å². The van der Waals surface area contributed by atoms with Crippen molar-refractivity contribution in [1.29, 1.82) is 0 Å². The lowest BCUT2D eigenvalue weighted by atomic mass is 9.99. The standard InChI is InChI=1S/C14H16N2/c1-2-14(15)13-5-3-4-12(10-13)11-6-8-16-9-7-11/h3-10,14H,2,15H2,1H3. The second-order valence-corrected chi connectivity index (χ2v) is 3.88. The molecule has 1 aromatic carbocycles. The second kappa shape index (κ2) is 4.90. The molecule has 1 unspecified atom stereocenters. The highest BCUT2D eigenvalue weighted by atomic mass is 14.6. The van der Waals surface area contributed by atoms with Crippen LogP contribution in [0.2, 0.25) is 0 Å². The summed E-state index contributed by atoms with van der Waals surface area (Å²) in [5, 5.41) is 0. The molecule has 0 aliphatic carbocycles. The summed E-state index contributed by atoms with van der Waals surface area (Å²) in [5.41, 5.74) is 9.60. The first-order valence-corrected chi connectivity index (χ1v) is 5.57. The first-order chi connectivity index (χ1) is 7.81. The van der Waals surface area contributed by atoms with Gasteiger partial charge in [0.15, 0.2) is 0 Å². The van der Waals surface area contributed by atoms with E-state index in [1.54, 1.807) is 0 Å². The van der Waals surface area contributed by atoms with E-state index in [0.29, 0.717) is 0 Å². The Morgan fingerprint density at radius 1 is 1.12 bits per heavy atom. The fourth-order valence-electron chi connectivity index (χ4n) is 1.73. The van der Waals surface area contributed by atoms with Gasteiger partial charge < -0.3 is 5.73 Å². The molecule has 0 amide bonds. The quantitative estimate of drug-likeness (QED) is 0.848. The maximum Gasteiger partial charge on any atom is 0.0292 e. The van der Waals surface area contributed by atoms with E-state index in [4.69, 9.17) is 5.73 Å². The van der Waals surface area contributed by atoms with Gasteiger partial charge in [-0.15, -0.1) is 0 Å². The number of rotatable bonds is 3. The Morgan fingerprint density at radius 3 is 2.56 bits per heavy atom. The molecule has 16 heavy (non-hydrogen) atoms. The average molecular weight is 212 g/mol. The van der Waals surface area contributed by atoms with Crippen LogP contribution in [0.3, 0.4) is 0 Å². The lowest BCUT2D eigenvalue weighted by molar-refractivity contribution is 0.699. The third kappa shape index (κ3) is 2.28. The van der Waals surface area contributed by atoms with Gasteiger partial charge in [0.2, 0.25) is 0 Å². The van der Waals surface area contributed by atoms with E-state index in [0.717, 1.165) is 6.42 Å². The molecule has 0 bridgehead atoms. The van der Waals surface area contributed by atoms with Crippen LogP contribution in [-0.2, 0) is 0 Å². The Bertz CT molecular complexity index is 451. The van der Waals surface area contributed by atoms with Gasteiger partial charge in [-0.1, -0.05) is 25.1 Å². The normalized spacial score (nSPS) is 12.4. The SMILES string of the molecule is CCC(N)c1cccc(-c2ccncc2)c1. The molecule has 0 saturated heterocycles. The first kappa shape index (κ1) is 10.8. The molecule has 2 rings (SSSR count). The highest BCUT2D eigenvalue weighted by molar-refractivity contribution is 5.63. The number of hydrogen-bond acceptors (Lipinski definition) is 2. The van der Waals surface area contributed by atoms with Crippen LogP contribution in [0.15, 0.2) is 48.8 Å². The van der Waals surface area contributed by atoms with Crippen LogP contribution < -0.4 is 5.73 Å². The number of benzene rings is 1. The molecule has 0 saturated carbocycles. The molecule has 0 spiro atoms. The van der Waals surface area contributed by atoms with Gasteiger partial charge in [-0.2, -0.15) is 0 Å². The minimum Gasteiger partial charge on any atom is -0.324 e. The topological polar surface area (TPSA) is 38.9 Å². The smallest absolute Gasteiger partial charge is 0.0292 e. The maximum atomic E-state index is 6.03. The summed E-state index contributed by atoms with van der Waals surface area (Å²) in [4.78, 5) is 4.02. The van der Waals surface area contributed by atoms with Crippen molar-refractivity contribution in [1.82, 2.24) is 4.98 Å². The van der Waals surface area contributed by atoms with Crippen molar-refractivity contribution in [2.75, 3.05) is 0 Å². The summed E-state index contributed by atoms with van der Waals surface area (Å²) in [6.45, 7) is 2.10. The number of aromatic nitrogens is 1. The molecule has 1 atom stereocenters. The van der Waals surface area contributed by atoms with Gasteiger partial charge in [0, 0.05) is 18.4 Å². The summed E-state index contributed by atoms with van der Waals surface area (Å²) in [5.74, 6) is 0. The van der Waals surface area contributed by atoms with Gasteiger partial charge in [-0.3, -0.25) is 4.98 Å². The predicted octanol–water partition coefficient (Wildman–Crippen LogP) is 3.16. The highest BCUT2D eigenvalue weighted by Crippen LogP contribution is 2.22. The van der Waals surface area contributed by atoms with E-state index in [-0.39, 0.29) is 6.04 Å². The molecule has 2 heteroatoms. The van der Waals surface area contributed by atoms with Gasteiger partial charge in [0.05, 0.1) is 0 Å². The molecule has 1 heterocycles. The molecule has 2 aromatic rings. The van der Waals surface area contributed by atoms with Crippen molar-refractivity contribution >= 4 is 0 Å². The minimum absolute atomic E-state index is 0.127. The second-order valence-electron chi connectivity index (χ2n) is 3.88. The lowest BCUT2D eigenvalue weighted by Gasteiger charge is -2.10. The van der Waals surface area contributed by atoms with Gasteiger partial charge in [-0.25, -0.2) is 0 Å². The Labute approximate surface area is 96.1 Å². The predicted molar refractivity (Wildman–Crippen MR) is 66.9 cm³/mol. The van der Waals surface area contributed by atoms with Gasteiger partial charge in [0.1, 0.15) is 0 Å².